The van der Waals surface area contributed by atoms with Gasteiger partial charge in [0.2, 0.25) is 0 Å². The van der Waals surface area contributed by atoms with E-state index in [2.05, 4.69) is 0 Å². The Bertz CT molecular complexity index is 411. The number of ether oxygens (including phenoxy) is 2. The van der Waals surface area contributed by atoms with E-state index >= 15 is 0 Å². The van der Waals surface area contributed by atoms with Crippen LogP contribution < -0.4 is 0 Å². The lowest BCUT2D eigenvalue weighted by atomic mass is 10.2. The lowest BCUT2D eigenvalue weighted by Gasteiger charge is -2.22. The molecule has 1 heterocycles. The minimum atomic E-state index is -0.201. The summed E-state index contributed by atoms with van der Waals surface area (Å²) in [5.74, 6) is 0.112. The van der Waals surface area contributed by atoms with Crippen LogP contribution in [0.1, 0.15) is 19.3 Å². The van der Waals surface area contributed by atoms with E-state index in [1.807, 2.05) is 35.7 Å². The molecule has 0 spiro atoms. The van der Waals surface area contributed by atoms with Crippen molar-refractivity contribution in [2.24, 2.45) is 0 Å². The fourth-order valence-electron chi connectivity index (χ4n) is 1.73. The minimum Gasteiger partial charge on any atom is -0.353 e. The van der Waals surface area contributed by atoms with Gasteiger partial charge in [0.1, 0.15) is 0 Å². The second-order valence-electron chi connectivity index (χ2n) is 4.26. The predicted octanol–water partition coefficient (Wildman–Crippen LogP) is 3.40. The standard InChI is InChI=1S/C15H18O3S/c16-13(7-8-15-17-10-4-11-18-15)9-12-19-14-5-2-1-3-6-14/h1-3,5-6,9,12,15H,4,7-8,10-11H2/b12-9+. The molecule has 2 rings (SSSR count). The molecule has 1 aliphatic heterocycles. The van der Waals surface area contributed by atoms with Crippen molar-refractivity contribution in [1.29, 1.82) is 0 Å². The lowest BCUT2D eigenvalue weighted by molar-refractivity contribution is -0.181. The molecule has 102 valence electrons. The van der Waals surface area contributed by atoms with E-state index in [9.17, 15) is 4.79 Å². The van der Waals surface area contributed by atoms with Crippen molar-refractivity contribution in [3.8, 4) is 0 Å². The highest BCUT2D eigenvalue weighted by Gasteiger charge is 2.14. The van der Waals surface area contributed by atoms with E-state index in [4.69, 9.17) is 9.47 Å². The number of hydrogen-bond acceptors (Lipinski definition) is 4. The average Bonchev–Trinajstić information content (AvgIpc) is 2.47. The number of hydrogen-bond donors (Lipinski definition) is 0. The molecule has 0 saturated carbocycles. The van der Waals surface area contributed by atoms with Gasteiger partial charge in [-0.25, -0.2) is 0 Å². The van der Waals surface area contributed by atoms with Crippen LogP contribution in [-0.2, 0) is 14.3 Å². The summed E-state index contributed by atoms with van der Waals surface area (Å²) in [6.45, 7) is 1.47. The number of carbonyl (C=O) groups is 1. The van der Waals surface area contributed by atoms with E-state index in [-0.39, 0.29) is 12.1 Å². The van der Waals surface area contributed by atoms with Gasteiger partial charge < -0.3 is 9.47 Å². The number of benzene rings is 1. The van der Waals surface area contributed by atoms with Gasteiger partial charge in [0.15, 0.2) is 12.1 Å². The van der Waals surface area contributed by atoms with Gasteiger partial charge in [0, 0.05) is 17.7 Å². The summed E-state index contributed by atoms with van der Waals surface area (Å²) in [5, 5.41) is 1.83. The monoisotopic (exact) mass is 278 g/mol. The van der Waals surface area contributed by atoms with Gasteiger partial charge in [-0.3, -0.25) is 4.79 Å². The van der Waals surface area contributed by atoms with Crippen molar-refractivity contribution < 1.29 is 14.3 Å². The quantitative estimate of drug-likeness (QED) is 0.590. The first-order valence-electron chi connectivity index (χ1n) is 6.49. The molecular formula is C15H18O3S. The van der Waals surface area contributed by atoms with Crippen LogP contribution in [0.4, 0.5) is 0 Å². The van der Waals surface area contributed by atoms with Crippen LogP contribution in [-0.4, -0.2) is 25.3 Å². The Balaban J connectivity index is 1.66. The van der Waals surface area contributed by atoms with Gasteiger partial charge >= 0.3 is 0 Å². The molecule has 1 aromatic rings. The first kappa shape index (κ1) is 14.3. The molecule has 1 aromatic carbocycles. The third-order valence-electron chi connectivity index (χ3n) is 2.72. The van der Waals surface area contributed by atoms with Crippen molar-refractivity contribution in [2.75, 3.05) is 13.2 Å². The molecule has 0 bridgehead atoms. The van der Waals surface area contributed by atoms with Gasteiger partial charge in [0.05, 0.1) is 13.2 Å². The van der Waals surface area contributed by atoms with Gasteiger partial charge in [-0.05, 0) is 30.0 Å². The number of carbonyl (C=O) groups excluding carboxylic acids is 1. The van der Waals surface area contributed by atoms with E-state index in [1.54, 1.807) is 17.8 Å². The van der Waals surface area contributed by atoms with E-state index in [1.165, 1.54) is 0 Å². The SMILES string of the molecule is O=C(/C=C/Sc1ccccc1)CCC1OCCCO1. The Morgan fingerprint density at radius 2 is 2.00 bits per heavy atom. The maximum absolute atomic E-state index is 11.7. The topological polar surface area (TPSA) is 35.5 Å². The summed E-state index contributed by atoms with van der Waals surface area (Å²) < 4.78 is 10.8. The van der Waals surface area contributed by atoms with Crippen LogP contribution >= 0.6 is 11.8 Å². The zero-order valence-corrected chi connectivity index (χ0v) is 11.6. The number of rotatable bonds is 6. The largest absolute Gasteiger partial charge is 0.353 e. The number of allylic oxidation sites excluding steroid dienone is 1. The maximum Gasteiger partial charge on any atom is 0.158 e. The highest BCUT2D eigenvalue weighted by molar-refractivity contribution is 8.02. The highest BCUT2D eigenvalue weighted by atomic mass is 32.2. The van der Waals surface area contributed by atoms with E-state index in [0.29, 0.717) is 12.8 Å². The molecular weight excluding hydrogens is 260 g/mol. The Morgan fingerprint density at radius 3 is 2.74 bits per heavy atom. The molecule has 0 amide bonds. The summed E-state index contributed by atoms with van der Waals surface area (Å²) >= 11 is 1.55. The number of thioether (sulfide) groups is 1. The Labute approximate surface area is 118 Å². The third-order valence-corrected chi connectivity index (χ3v) is 3.54. The molecule has 19 heavy (non-hydrogen) atoms. The predicted molar refractivity (Wildman–Crippen MR) is 76.0 cm³/mol. The molecule has 0 N–H and O–H groups in total. The molecule has 0 aliphatic carbocycles. The van der Waals surface area contributed by atoms with Crippen molar-refractivity contribution in [1.82, 2.24) is 0 Å². The summed E-state index contributed by atoms with van der Waals surface area (Å²) in [6, 6.07) is 9.97. The van der Waals surface area contributed by atoms with Gasteiger partial charge in [-0.1, -0.05) is 30.0 Å². The van der Waals surface area contributed by atoms with E-state index in [0.717, 1.165) is 24.5 Å². The van der Waals surface area contributed by atoms with Crippen molar-refractivity contribution in [3.63, 3.8) is 0 Å². The molecule has 0 radical (unpaired) electrons. The molecule has 0 aromatic heterocycles. The lowest BCUT2D eigenvalue weighted by Crippen LogP contribution is -2.25. The number of ketones is 1. The normalized spacial score (nSPS) is 16.8. The third kappa shape index (κ3) is 5.59. The van der Waals surface area contributed by atoms with Crippen LogP contribution in [0.2, 0.25) is 0 Å². The Hall–Kier alpha value is -1.10. The minimum absolute atomic E-state index is 0.112. The smallest absolute Gasteiger partial charge is 0.158 e. The van der Waals surface area contributed by atoms with Gasteiger partial charge in [-0.15, -0.1) is 0 Å². The van der Waals surface area contributed by atoms with Gasteiger partial charge in [-0.2, -0.15) is 0 Å². The zero-order chi connectivity index (χ0) is 13.3. The molecule has 1 aliphatic rings. The molecule has 1 fully saturated rings. The second-order valence-corrected chi connectivity index (χ2v) is 5.24. The maximum atomic E-state index is 11.7. The van der Waals surface area contributed by atoms with Crippen molar-refractivity contribution in [2.45, 2.75) is 30.4 Å². The van der Waals surface area contributed by atoms with Crippen LogP contribution in [0.25, 0.3) is 0 Å². The zero-order valence-electron chi connectivity index (χ0n) is 10.8. The van der Waals surface area contributed by atoms with Crippen LogP contribution in [0, 0.1) is 0 Å². The fourth-order valence-corrected chi connectivity index (χ4v) is 2.43. The van der Waals surface area contributed by atoms with Crippen LogP contribution in [0.3, 0.4) is 0 Å². The Morgan fingerprint density at radius 1 is 1.26 bits per heavy atom. The van der Waals surface area contributed by atoms with Crippen molar-refractivity contribution in [3.05, 3.63) is 41.8 Å². The van der Waals surface area contributed by atoms with E-state index < -0.39 is 0 Å². The molecule has 1 saturated heterocycles. The first-order valence-corrected chi connectivity index (χ1v) is 7.37. The fraction of sp³-hybridized carbons (Fsp3) is 0.400. The molecule has 3 nitrogen and oxygen atoms in total. The van der Waals surface area contributed by atoms with Gasteiger partial charge in [0.25, 0.3) is 0 Å². The second kappa shape index (κ2) is 8.15. The summed E-state index contributed by atoms with van der Waals surface area (Å²) in [6.07, 6.45) is 3.47. The summed E-state index contributed by atoms with van der Waals surface area (Å²) in [4.78, 5) is 12.8. The molecule has 0 atom stereocenters. The van der Waals surface area contributed by atoms with Crippen molar-refractivity contribution >= 4 is 17.5 Å². The molecule has 0 unspecified atom stereocenters. The average molecular weight is 278 g/mol. The highest BCUT2D eigenvalue weighted by Crippen LogP contribution is 2.18. The Kier molecular flexibility index (Phi) is 6.14. The summed E-state index contributed by atoms with van der Waals surface area (Å²) in [5.41, 5.74) is 0. The molecule has 4 heteroatoms. The summed E-state index contributed by atoms with van der Waals surface area (Å²) in [7, 11) is 0. The van der Waals surface area contributed by atoms with Crippen LogP contribution in [0.15, 0.2) is 46.7 Å². The van der Waals surface area contributed by atoms with Crippen LogP contribution in [0.5, 0.6) is 0 Å². The first-order chi connectivity index (χ1) is 9.34.